The molecule has 2 heterocycles. The summed E-state index contributed by atoms with van der Waals surface area (Å²) in [7, 11) is 0. The van der Waals surface area contributed by atoms with E-state index in [2.05, 4.69) is 25.7 Å². The van der Waals surface area contributed by atoms with Gasteiger partial charge in [-0.25, -0.2) is 0 Å². The van der Waals surface area contributed by atoms with E-state index in [0.29, 0.717) is 6.54 Å². The van der Waals surface area contributed by atoms with Gasteiger partial charge in [0.25, 0.3) is 0 Å². The number of H-pyrrole nitrogens is 1. The molecule has 6 nitrogen and oxygen atoms in total. The van der Waals surface area contributed by atoms with Crippen LogP contribution in [0.15, 0.2) is 6.20 Å². The molecule has 3 N–H and O–H groups in total. The van der Waals surface area contributed by atoms with Gasteiger partial charge in [0.1, 0.15) is 5.82 Å². The van der Waals surface area contributed by atoms with E-state index in [1.165, 1.54) is 0 Å². The van der Waals surface area contributed by atoms with E-state index in [1.54, 1.807) is 6.20 Å². The molecule has 6 heteroatoms. The van der Waals surface area contributed by atoms with Crippen LogP contribution in [0.1, 0.15) is 18.9 Å². The van der Waals surface area contributed by atoms with Gasteiger partial charge >= 0.3 is 0 Å². The molecule has 0 spiro atoms. The normalized spacial score (nSPS) is 17.4. The van der Waals surface area contributed by atoms with Crippen molar-refractivity contribution in [2.75, 3.05) is 38.0 Å². The molecule has 18 heavy (non-hydrogen) atoms. The summed E-state index contributed by atoms with van der Waals surface area (Å²) in [6, 6.07) is 0. The number of carbonyl (C=O) groups excluding carboxylic acids is 1. The van der Waals surface area contributed by atoms with Crippen molar-refractivity contribution in [3.63, 3.8) is 0 Å². The molecule has 0 atom stereocenters. The fourth-order valence-electron chi connectivity index (χ4n) is 2.13. The van der Waals surface area contributed by atoms with E-state index in [-0.39, 0.29) is 5.91 Å². The molecule has 1 fully saturated rings. The summed E-state index contributed by atoms with van der Waals surface area (Å²) in [6.07, 6.45) is 3.71. The van der Waals surface area contributed by atoms with Crippen LogP contribution in [-0.2, 0) is 11.2 Å². The molecule has 1 aliphatic rings. The van der Waals surface area contributed by atoms with E-state index in [1.807, 2.05) is 6.92 Å². The zero-order valence-electron chi connectivity index (χ0n) is 10.8. The fourth-order valence-corrected chi connectivity index (χ4v) is 2.13. The van der Waals surface area contributed by atoms with Gasteiger partial charge in [0.15, 0.2) is 0 Å². The van der Waals surface area contributed by atoms with E-state index < -0.39 is 0 Å². The molecule has 0 aliphatic carbocycles. The Morgan fingerprint density at radius 2 is 2.39 bits per heavy atom. The molecular formula is C12H21N5O. The van der Waals surface area contributed by atoms with E-state index in [4.69, 9.17) is 0 Å². The monoisotopic (exact) mass is 251 g/mol. The molecule has 0 unspecified atom stereocenters. The summed E-state index contributed by atoms with van der Waals surface area (Å²) >= 11 is 0. The van der Waals surface area contributed by atoms with Crippen LogP contribution in [-0.4, -0.2) is 53.7 Å². The third kappa shape index (κ3) is 3.54. The average molecular weight is 251 g/mol. The molecule has 0 bridgehead atoms. The Balaban J connectivity index is 1.84. The highest BCUT2D eigenvalue weighted by atomic mass is 16.2. The quantitative estimate of drug-likeness (QED) is 0.715. The number of nitrogens with one attached hydrogen (secondary N) is 3. The molecule has 1 saturated heterocycles. The second kappa shape index (κ2) is 6.51. The topological polar surface area (TPSA) is 73.0 Å². The third-order valence-electron chi connectivity index (χ3n) is 3.16. The first-order valence-corrected chi connectivity index (χ1v) is 6.54. The number of aromatic nitrogens is 2. The minimum Gasteiger partial charge on any atom is -0.315 e. The maximum absolute atomic E-state index is 11.9. The van der Waals surface area contributed by atoms with Gasteiger partial charge in [0.2, 0.25) is 5.91 Å². The van der Waals surface area contributed by atoms with Gasteiger partial charge in [-0.05, 0) is 25.9 Å². The highest BCUT2D eigenvalue weighted by molar-refractivity contribution is 5.91. The minimum absolute atomic E-state index is 0.0239. The summed E-state index contributed by atoms with van der Waals surface area (Å²) in [5, 5.41) is 13.0. The number of anilines is 1. The van der Waals surface area contributed by atoms with Crippen LogP contribution in [0, 0.1) is 0 Å². The first kappa shape index (κ1) is 13.0. The molecule has 1 amide bonds. The lowest BCUT2D eigenvalue weighted by molar-refractivity contribution is -0.117. The van der Waals surface area contributed by atoms with E-state index >= 15 is 0 Å². The highest BCUT2D eigenvalue weighted by Gasteiger charge is 2.14. The summed E-state index contributed by atoms with van der Waals surface area (Å²) in [5.74, 6) is 0.756. The van der Waals surface area contributed by atoms with Crippen molar-refractivity contribution in [1.29, 1.82) is 0 Å². The van der Waals surface area contributed by atoms with Crippen LogP contribution in [0.2, 0.25) is 0 Å². The summed E-state index contributed by atoms with van der Waals surface area (Å²) in [4.78, 5) is 14.1. The van der Waals surface area contributed by atoms with Crippen LogP contribution < -0.4 is 10.6 Å². The third-order valence-corrected chi connectivity index (χ3v) is 3.16. The SMILES string of the molecule is CCc1cn[nH]c1NC(=O)CN1CCCNCC1. The molecular weight excluding hydrogens is 230 g/mol. The maximum atomic E-state index is 11.9. The molecule has 1 aliphatic heterocycles. The number of aromatic amines is 1. The van der Waals surface area contributed by atoms with Crippen LogP contribution in [0.4, 0.5) is 5.82 Å². The van der Waals surface area contributed by atoms with Crippen LogP contribution in [0.25, 0.3) is 0 Å². The number of aryl methyl sites for hydroxylation is 1. The molecule has 0 saturated carbocycles. The van der Waals surface area contributed by atoms with E-state index in [0.717, 1.165) is 50.4 Å². The summed E-state index contributed by atoms with van der Waals surface area (Å²) in [5.41, 5.74) is 1.04. The van der Waals surface area contributed by atoms with Crippen molar-refractivity contribution in [3.05, 3.63) is 11.8 Å². The number of hydrogen-bond donors (Lipinski definition) is 3. The summed E-state index contributed by atoms with van der Waals surface area (Å²) in [6.45, 7) is 6.39. The number of amides is 1. The molecule has 1 aromatic heterocycles. The Hall–Kier alpha value is -1.40. The van der Waals surface area contributed by atoms with Crippen molar-refractivity contribution in [1.82, 2.24) is 20.4 Å². The van der Waals surface area contributed by atoms with Crippen LogP contribution in [0.5, 0.6) is 0 Å². The lowest BCUT2D eigenvalue weighted by Gasteiger charge is -2.18. The van der Waals surface area contributed by atoms with Crippen molar-refractivity contribution in [2.45, 2.75) is 19.8 Å². The van der Waals surface area contributed by atoms with E-state index in [9.17, 15) is 4.79 Å². The maximum Gasteiger partial charge on any atom is 0.239 e. The first-order chi connectivity index (χ1) is 8.79. The van der Waals surface area contributed by atoms with Crippen molar-refractivity contribution in [3.8, 4) is 0 Å². The van der Waals surface area contributed by atoms with Gasteiger partial charge in [-0.15, -0.1) is 0 Å². The standard InChI is InChI=1S/C12H21N5O/c1-2-10-8-14-16-12(10)15-11(18)9-17-6-3-4-13-5-7-17/h8,13H,2-7,9H2,1H3,(H2,14,15,16,18). The average Bonchev–Trinajstić information content (AvgIpc) is 2.64. The number of carbonyl (C=O) groups is 1. The van der Waals surface area contributed by atoms with Gasteiger partial charge in [-0.1, -0.05) is 6.92 Å². The molecule has 0 radical (unpaired) electrons. The Kier molecular flexibility index (Phi) is 4.72. The van der Waals surface area contributed by atoms with Gasteiger partial charge in [0, 0.05) is 18.7 Å². The Morgan fingerprint density at radius 3 is 3.22 bits per heavy atom. The van der Waals surface area contributed by atoms with Gasteiger partial charge < -0.3 is 10.6 Å². The molecule has 2 rings (SSSR count). The van der Waals surface area contributed by atoms with Crippen LogP contribution in [0.3, 0.4) is 0 Å². The number of nitrogens with zero attached hydrogens (tertiary/aromatic N) is 2. The van der Waals surface area contributed by atoms with Gasteiger partial charge in [-0.2, -0.15) is 5.10 Å². The lowest BCUT2D eigenvalue weighted by Crippen LogP contribution is -2.35. The zero-order chi connectivity index (χ0) is 12.8. The van der Waals surface area contributed by atoms with Crippen molar-refractivity contribution >= 4 is 11.7 Å². The van der Waals surface area contributed by atoms with Gasteiger partial charge in [0.05, 0.1) is 12.7 Å². The second-order valence-corrected chi connectivity index (χ2v) is 4.55. The fraction of sp³-hybridized carbons (Fsp3) is 0.667. The molecule has 1 aromatic rings. The van der Waals surface area contributed by atoms with Crippen molar-refractivity contribution in [2.24, 2.45) is 0 Å². The van der Waals surface area contributed by atoms with Crippen molar-refractivity contribution < 1.29 is 4.79 Å². The van der Waals surface area contributed by atoms with Crippen LogP contribution >= 0.6 is 0 Å². The zero-order valence-corrected chi connectivity index (χ0v) is 10.8. The Bertz CT molecular complexity index is 382. The largest absolute Gasteiger partial charge is 0.315 e. The number of hydrogen-bond acceptors (Lipinski definition) is 4. The smallest absolute Gasteiger partial charge is 0.239 e. The molecule has 100 valence electrons. The Labute approximate surface area is 107 Å². The second-order valence-electron chi connectivity index (χ2n) is 4.55. The number of rotatable bonds is 4. The summed E-state index contributed by atoms with van der Waals surface area (Å²) < 4.78 is 0. The first-order valence-electron chi connectivity index (χ1n) is 6.54. The predicted molar refractivity (Wildman–Crippen MR) is 70.5 cm³/mol. The van der Waals surface area contributed by atoms with Gasteiger partial charge in [-0.3, -0.25) is 14.8 Å². The lowest BCUT2D eigenvalue weighted by atomic mass is 10.2. The minimum atomic E-state index is 0.0239. The predicted octanol–water partition coefficient (Wildman–Crippen LogP) is 0.206. The highest BCUT2D eigenvalue weighted by Crippen LogP contribution is 2.11. The Morgan fingerprint density at radius 1 is 1.50 bits per heavy atom. The molecule has 0 aromatic carbocycles.